The maximum Gasteiger partial charge on any atom is 0.308 e. The van der Waals surface area contributed by atoms with E-state index in [1.807, 2.05) is 0 Å². The molecule has 1 aromatic rings. The van der Waals surface area contributed by atoms with Crippen molar-refractivity contribution in [3.05, 3.63) is 33.4 Å². The second-order valence-corrected chi connectivity index (χ2v) is 4.93. The molecule has 1 atom stereocenters. The predicted molar refractivity (Wildman–Crippen MR) is 70.7 cm³/mol. The Morgan fingerprint density at radius 3 is 2.55 bits per heavy atom. The molecule has 1 aromatic carbocycles. The molecule has 1 fully saturated rings. The number of hydrogen-bond donors (Lipinski definition) is 1. The maximum absolute atomic E-state index is 11.9. The Bertz CT molecular complexity index is 611. The van der Waals surface area contributed by atoms with E-state index in [9.17, 15) is 19.7 Å². The molecule has 1 saturated heterocycles. The molecule has 0 saturated carbocycles. The highest BCUT2D eigenvalue weighted by Crippen LogP contribution is 2.33. The van der Waals surface area contributed by atoms with Gasteiger partial charge in [-0.25, -0.2) is 0 Å². The minimum Gasteiger partial charge on any atom is -0.481 e. The lowest BCUT2D eigenvalue weighted by Gasteiger charge is -2.19. The van der Waals surface area contributed by atoms with Crippen LogP contribution in [0.5, 0.6) is 0 Å². The monoisotopic (exact) mass is 278 g/mol. The summed E-state index contributed by atoms with van der Waals surface area (Å²) in [7, 11) is 0. The van der Waals surface area contributed by atoms with E-state index in [0.717, 1.165) is 0 Å². The van der Waals surface area contributed by atoms with Gasteiger partial charge in [0.2, 0.25) is 5.91 Å². The zero-order chi connectivity index (χ0) is 15.0. The van der Waals surface area contributed by atoms with Gasteiger partial charge < -0.3 is 10.0 Å². The van der Waals surface area contributed by atoms with E-state index in [4.69, 9.17) is 5.11 Å². The summed E-state index contributed by atoms with van der Waals surface area (Å²) < 4.78 is 0. The number of carbonyl (C=O) groups excluding carboxylic acids is 1. The van der Waals surface area contributed by atoms with Gasteiger partial charge in [0, 0.05) is 24.6 Å². The molecule has 0 aromatic heterocycles. The molecule has 0 bridgehead atoms. The van der Waals surface area contributed by atoms with Crippen LogP contribution in [0.15, 0.2) is 12.1 Å². The third-order valence-electron chi connectivity index (χ3n) is 3.48. The van der Waals surface area contributed by atoms with Crippen molar-refractivity contribution in [1.29, 1.82) is 0 Å². The van der Waals surface area contributed by atoms with E-state index in [2.05, 4.69) is 0 Å². The van der Waals surface area contributed by atoms with E-state index in [1.165, 1.54) is 11.0 Å². The zero-order valence-electron chi connectivity index (χ0n) is 11.1. The standard InChI is InChI=1S/C13H14N2O5/c1-7-3-8(2)11(15(19)20)5-10(7)14-6-9(13(17)18)4-12(14)16/h3,5,9H,4,6H2,1-2H3,(H,17,18). The summed E-state index contributed by atoms with van der Waals surface area (Å²) in [6, 6.07) is 2.97. The third kappa shape index (κ3) is 2.34. The van der Waals surface area contributed by atoms with Gasteiger partial charge in [-0.2, -0.15) is 0 Å². The first kappa shape index (κ1) is 14.0. The van der Waals surface area contributed by atoms with Crippen molar-refractivity contribution in [1.82, 2.24) is 0 Å². The van der Waals surface area contributed by atoms with Crippen LogP contribution in [0.25, 0.3) is 0 Å². The van der Waals surface area contributed by atoms with E-state index in [-0.39, 0.29) is 24.6 Å². The maximum atomic E-state index is 11.9. The van der Waals surface area contributed by atoms with Crippen LogP contribution >= 0.6 is 0 Å². The second-order valence-electron chi connectivity index (χ2n) is 4.93. The molecule has 0 radical (unpaired) electrons. The van der Waals surface area contributed by atoms with E-state index < -0.39 is 16.8 Å². The summed E-state index contributed by atoms with van der Waals surface area (Å²) in [6.07, 6.45) is -0.0730. The van der Waals surface area contributed by atoms with Gasteiger partial charge in [-0.3, -0.25) is 19.7 Å². The van der Waals surface area contributed by atoms with Crippen LogP contribution in [0.1, 0.15) is 17.5 Å². The van der Waals surface area contributed by atoms with Crippen molar-refractivity contribution in [3.8, 4) is 0 Å². The number of carboxylic acids is 1. The van der Waals surface area contributed by atoms with E-state index in [0.29, 0.717) is 16.8 Å². The highest BCUT2D eigenvalue weighted by molar-refractivity contribution is 6.00. The second kappa shape index (κ2) is 4.92. The lowest BCUT2D eigenvalue weighted by atomic mass is 10.1. The number of nitro groups is 1. The molecule has 106 valence electrons. The smallest absolute Gasteiger partial charge is 0.308 e. The molecule has 1 aliphatic rings. The number of aryl methyl sites for hydroxylation is 2. The lowest BCUT2D eigenvalue weighted by Crippen LogP contribution is -2.26. The fourth-order valence-electron chi connectivity index (χ4n) is 2.42. The van der Waals surface area contributed by atoms with Gasteiger partial charge in [-0.15, -0.1) is 0 Å². The van der Waals surface area contributed by atoms with Gasteiger partial charge in [0.1, 0.15) is 0 Å². The molecular formula is C13H14N2O5. The van der Waals surface area contributed by atoms with Gasteiger partial charge in [0.15, 0.2) is 0 Å². The largest absolute Gasteiger partial charge is 0.481 e. The van der Waals surface area contributed by atoms with Crippen LogP contribution in [0.2, 0.25) is 0 Å². The molecule has 7 heteroatoms. The van der Waals surface area contributed by atoms with Crippen LogP contribution in [-0.4, -0.2) is 28.5 Å². The number of aliphatic carboxylic acids is 1. The topological polar surface area (TPSA) is 101 Å². The molecule has 2 rings (SSSR count). The molecule has 1 amide bonds. The number of nitro benzene ring substituents is 1. The normalized spacial score (nSPS) is 18.4. The number of nitrogens with zero attached hydrogens (tertiary/aromatic N) is 2. The number of carboxylic acid groups (broad SMARTS) is 1. The van der Waals surface area contributed by atoms with Crippen molar-refractivity contribution >= 4 is 23.3 Å². The van der Waals surface area contributed by atoms with Crippen molar-refractivity contribution in [2.45, 2.75) is 20.3 Å². The first-order valence-corrected chi connectivity index (χ1v) is 6.10. The van der Waals surface area contributed by atoms with Gasteiger partial charge in [-0.1, -0.05) is 0 Å². The SMILES string of the molecule is Cc1cc(C)c([N+](=O)[O-])cc1N1CC(C(=O)O)CC1=O. The Morgan fingerprint density at radius 2 is 2.05 bits per heavy atom. The summed E-state index contributed by atoms with van der Waals surface area (Å²) in [5.41, 5.74) is 1.57. The van der Waals surface area contributed by atoms with Crippen LogP contribution in [0.4, 0.5) is 11.4 Å². The summed E-state index contributed by atoms with van der Waals surface area (Å²) in [6.45, 7) is 3.42. The third-order valence-corrected chi connectivity index (χ3v) is 3.48. The molecule has 7 nitrogen and oxygen atoms in total. The predicted octanol–water partition coefficient (Wildman–Crippen LogP) is 1.65. The molecule has 1 N–H and O–H groups in total. The number of benzene rings is 1. The Balaban J connectivity index is 2.43. The van der Waals surface area contributed by atoms with Crippen molar-refractivity contribution in [2.75, 3.05) is 11.4 Å². The number of rotatable bonds is 3. The summed E-state index contributed by atoms with van der Waals surface area (Å²) in [5.74, 6) is -2.11. The van der Waals surface area contributed by atoms with E-state index >= 15 is 0 Å². The van der Waals surface area contributed by atoms with Crippen molar-refractivity contribution in [3.63, 3.8) is 0 Å². The van der Waals surface area contributed by atoms with Crippen LogP contribution in [0.3, 0.4) is 0 Å². The Hall–Kier alpha value is -2.44. The number of anilines is 1. The Kier molecular flexibility index (Phi) is 3.44. The molecule has 1 heterocycles. The van der Waals surface area contributed by atoms with Gasteiger partial charge in [-0.05, 0) is 25.5 Å². The first-order chi connectivity index (χ1) is 9.31. The molecule has 1 aliphatic heterocycles. The molecule has 1 unspecified atom stereocenters. The van der Waals surface area contributed by atoms with Crippen LogP contribution in [0, 0.1) is 29.9 Å². The fourth-order valence-corrected chi connectivity index (χ4v) is 2.42. The minimum absolute atomic E-state index is 0.0508. The summed E-state index contributed by atoms with van der Waals surface area (Å²) in [4.78, 5) is 34.6. The first-order valence-electron chi connectivity index (χ1n) is 6.10. The van der Waals surface area contributed by atoms with Crippen molar-refractivity contribution < 1.29 is 19.6 Å². The number of hydrogen-bond acceptors (Lipinski definition) is 4. The number of amides is 1. The lowest BCUT2D eigenvalue weighted by molar-refractivity contribution is -0.385. The summed E-state index contributed by atoms with van der Waals surface area (Å²) in [5, 5.41) is 19.9. The van der Waals surface area contributed by atoms with Gasteiger partial charge in [0.25, 0.3) is 5.69 Å². The van der Waals surface area contributed by atoms with E-state index in [1.54, 1.807) is 19.9 Å². The minimum atomic E-state index is -1.03. The molecule has 20 heavy (non-hydrogen) atoms. The van der Waals surface area contributed by atoms with Gasteiger partial charge >= 0.3 is 5.97 Å². The fraction of sp³-hybridized carbons (Fsp3) is 0.385. The Morgan fingerprint density at radius 1 is 1.40 bits per heavy atom. The molecular weight excluding hydrogens is 264 g/mol. The summed E-state index contributed by atoms with van der Waals surface area (Å²) >= 11 is 0. The Labute approximate surface area is 115 Å². The average molecular weight is 278 g/mol. The molecule has 0 aliphatic carbocycles. The molecule has 0 spiro atoms. The van der Waals surface area contributed by atoms with Crippen molar-refractivity contribution in [2.24, 2.45) is 5.92 Å². The highest BCUT2D eigenvalue weighted by Gasteiger charge is 2.36. The quantitative estimate of drug-likeness (QED) is 0.669. The van der Waals surface area contributed by atoms with Crippen LogP contribution < -0.4 is 4.90 Å². The zero-order valence-corrected chi connectivity index (χ0v) is 11.1. The van der Waals surface area contributed by atoms with Gasteiger partial charge in [0.05, 0.1) is 16.5 Å². The van der Waals surface area contributed by atoms with Crippen LogP contribution in [-0.2, 0) is 9.59 Å². The average Bonchev–Trinajstić information content (AvgIpc) is 2.71. The number of carbonyl (C=O) groups is 2. The highest BCUT2D eigenvalue weighted by atomic mass is 16.6.